The summed E-state index contributed by atoms with van der Waals surface area (Å²) in [5.41, 5.74) is 2.57. The van der Waals surface area contributed by atoms with Gasteiger partial charge in [-0.3, -0.25) is 0 Å². The molecule has 0 aromatic heterocycles. The minimum Gasteiger partial charge on any atom is -0.493 e. The predicted octanol–water partition coefficient (Wildman–Crippen LogP) is 4.66. The Morgan fingerprint density at radius 3 is 2.74 bits per heavy atom. The second-order valence-electron chi connectivity index (χ2n) is 6.43. The number of carbonyl (C=O) groups is 2. The van der Waals surface area contributed by atoms with E-state index in [-0.39, 0.29) is 24.8 Å². The van der Waals surface area contributed by atoms with Gasteiger partial charge in [0.2, 0.25) is 5.90 Å². The number of halogens is 2. The molecular formula is C22H19BrINO6. The van der Waals surface area contributed by atoms with Gasteiger partial charge in [0, 0.05) is 10.0 Å². The van der Waals surface area contributed by atoms with Gasteiger partial charge in [0.25, 0.3) is 0 Å². The number of hydrogen-bond donors (Lipinski definition) is 0. The molecule has 1 aliphatic heterocycles. The Labute approximate surface area is 201 Å². The van der Waals surface area contributed by atoms with Gasteiger partial charge in [-0.15, -0.1) is 0 Å². The maximum Gasteiger partial charge on any atom is 0.363 e. The number of cyclic esters (lactones) is 1. The molecule has 2 aromatic rings. The van der Waals surface area contributed by atoms with Gasteiger partial charge < -0.3 is 18.9 Å². The summed E-state index contributed by atoms with van der Waals surface area (Å²) in [7, 11) is 1.50. The molecule has 1 heterocycles. The fourth-order valence-corrected chi connectivity index (χ4v) is 3.79. The molecule has 9 heteroatoms. The number of aryl methyl sites for hydroxylation is 1. The number of hydrogen-bond acceptors (Lipinski definition) is 7. The first-order valence-electron chi connectivity index (χ1n) is 9.27. The summed E-state index contributed by atoms with van der Waals surface area (Å²) in [6.45, 7) is 3.72. The topological polar surface area (TPSA) is 83.4 Å². The van der Waals surface area contributed by atoms with Gasteiger partial charge in [-0.05, 0) is 84.0 Å². The second kappa shape index (κ2) is 10.3. The highest BCUT2D eigenvalue weighted by atomic mass is 127. The fraction of sp³-hybridized carbons (Fsp3) is 0.227. The van der Waals surface area contributed by atoms with E-state index >= 15 is 0 Å². The first-order valence-corrected chi connectivity index (χ1v) is 11.1. The van der Waals surface area contributed by atoms with Crippen LogP contribution in [0.25, 0.3) is 6.08 Å². The molecule has 31 heavy (non-hydrogen) atoms. The van der Waals surface area contributed by atoms with Crippen LogP contribution in [0, 0.1) is 10.5 Å². The summed E-state index contributed by atoms with van der Waals surface area (Å²) >= 11 is 5.52. The van der Waals surface area contributed by atoms with Gasteiger partial charge in [-0.25, -0.2) is 14.6 Å². The highest BCUT2D eigenvalue weighted by Crippen LogP contribution is 2.35. The average Bonchev–Trinajstić information content (AvgIpc) is 3.09. The molecule has 0 fully saturated rings. The van der Waals surface area contributed by atoms with E-state index in [1.165, 1.54) is 7.11 Å². The molecule has 3 rings (SSSR count). The van der Waals surface area contributed by atoms with E-state index in [2.05, 4.69) is 43.5 Å². The lowest BCUT2D eigenvalue weighted by Crippen LogP contribution is -2.15. The summed E-state index contributed by atoms with van der Waals surface area (Å²) in [5.74, 6) is 0.0874. The minimum absolute atomic E-state index is 0.175. The number of nitrogens with zero attached hydrogens (tertiary/aromatic N) is 1. The van der Waals surface area contributed by atoms with Crippen molar-refractivity contribution < 1.29 is 28.5 Å². The largest absolute Gasteiger partial charge is 0.493 e. The molecule has 2 aromatic carbocycles. The minimum atomic E-state index is -0.535. The van der Waals surface area contributed by atoms with Crippen molar-refractivity contribution in [3.05, 3.63) is 60.8 Å². The summed E-state index contributed by atoms with van der Waals surface area (Å²) in [4.78, 5) is 28.3. The zero-order valence-electron chi connectivity index (χ0n) is 17.0. The Balaban J connectivity index is 1.87. The third-order valence-electron chi connectivity index (χ3n) is 4.22. The van der Waals surface area contributed by atoms with Gasteiger partial charge in [0.05, 0.1) is 17.3 Å². The van der Waals surface area contributed by atoms with E-state index in [1.54, 1.807) is 25.1 Å². The standard InChI is InChI=1S/C22H19BrINO6/c1-4-29-19(26)11-30-20-16(24)8-13(10-18(20)28-3)9-17-22(27)31-21(25-17)14-5-6-15(23)12(2)7-14/h5-10H,4,11H2,1-3H3/b17-9+. The van der Waals surface area contributed by atoms with Gasteiger partial charge in [-0.2, -0.15) is 0 Å². The summed E-state index contributed by atoms with van der Waals surface area (Å²) < 4.78 is 22.8. The van der Waals surface area contributed by atoms with E-state index < -0.39 is 11.9 Å². The number of esters is 2. The van der Waals surface area contributed by atoms with Crippen molar-refractivity contribution in [3.8, 4) is 11.5 Å². The fourth-order valence-electron chi connectivity index (χ4n) is 2.77. The highest BCUT2D eigenvalue weighted by Gasteiger charge is 2.25. The third kappa shape index (κ3) is 5.65. The Kier molecular flexibility index (Phi) is 7.71. The normalized spacial score (nSPS) is 14.3. The summed E-state index contributed by atoms with van der Waals surface area (Å²) in [5, 5.41) is 0. The van der Waals surface area contributed by atoms with Gasteiger partial charge in [0.15, 0.2) is 23.8 Å². The Morgan fingerprint density at radius 1 is 1.29 bits per heavy atom. The van der Waals surface area contributed by atoms with Gasteiger partial charge >= 0.3 is 11.9 Å². The zero-order valence-corrected chi connectivity index (χ0v) is 20.8. The van der Waals surface area contributed by atoms with Crippen LogP contribution in [0.3, 0.4) is 0 Å². The molecular weight excluding hydrogens is 581 g/mol. The molecule has 0 aliphatic carbocycles. The van der Waals surface area contributed by atoms with Crippen LogP contribution in [0.1, 0.15) is 23.6 Å². The Bertz CT molecular complexity index is 1100. The van der Waals surface area contributed by atoms with E-state index in [1.807, 2.05) is 25.1 Å². The third-order valence-corrected chi connectivity index (χ3v) is 5.91. The van der Waals surface area contributed by atoms with Crippen molar-refractivity contribution >= 4 is 62.4 Å². The molecule has 0 unspecified atom stereocenters. The van der Waals surface area contributed by atoms with Crippen molar-refractivity contribution in [2.24, 2.45) is 4.99 Å². The second-order valence-corrected chi connectivity index (χ2v) is 8.44. The van der Waals surface area contributed by atoms with E-state index in [4.69, 9.17) is 18.9 Å². The van der Waals surface area contributed by atoms with Crippen LogP contribution in [0.2, 0.25) is 0 Å². The van der Waals surface area contributed by atoms with E-state index in [0.29, 0.717) is 26.2 Å². The number of aliphatic imine (C=N–C) groups is 1. The van der Waals surface area contributed by atoms with Crippen molar-refractivity contribution in [1.82, 2.24) is 0 Å². The van der Waals surface area contributed by atoms with Crippen LogP contribution in [0.5, 0.6) is 11.5 Å². The van der Waals surface area contributed by atoms with Gasteiger partial charge in [0.1, 0.15) is 0 Å². The predicted molar refractivity (Wildman–Crippen MR) is 127 cm³/mol. The number of rotatable bonds is 7. The van der Waals surface area contributed by atoms with E-state index in [0.717, 1.165) is 10.0 Å². The van der Waals surface area contributed by atoms with Crippen LogP contribution in [-0.4, -0.2) is 38.2 Å². The van der Waals surface area contributed by atoms with Crippen molar-refractivity contribution in [1.29, 1.82) is 0 Å². The summed E-state index contributed by atoms with van der Waals surface area (Å²) in [6.07, 6.45) is 1.61. The maximum atomic E-state index is 12.3. The zero-order chi connectivity index (χ0) is 22.5. The molecule has 0 amide bonds. The molecule has 0 spiro atoms. The van der Waals surface area contributed by atoms with Crippen LogP contribution in [0.15, 0.2) is 45.5 Å². The van der Waals surface area contributed by atoms with Crippen LogP contribution in [-0.2, 0) is 19.1 Å². The van der Waals surface area contributed by atoms with Crippen molar-refractivity contribution in [2.75, 3.05) is 20.3 Å². The molecule has 0 atom stereocenters. The number of methoxy groups -OCH3 is 1. The van der Waals surface area contributed by atoms with Crippen LogP contribution in [0.4, 0.5) is 0 Å². The van der Waals surface area contributed by atoms with Gasteiger partial charge in [-0.1, -0.05) is 15.9 Å². The smallest absolute Gasteiger partial charge is 0.363 e. The summed E-state index contributed by atoms with van der Waals surface area (Å²) in [6, 6.07) is 9.08. The lowest BCUT2D eigenvalue weighted by molar-refractivity contribution is -0.145. The number of carbonyl (C=O) groups excluding carboxylic acids is 2. The average molecular weight is 600 g/mol. The Morgan fingerprint density at radius 2 is 2.06 bits per heavy atom. The molecule has 0 saturated carbocycles. The maximum absolute atomic E-state index is 12.3. The molecule has 0 radical (unpaired) electrons. The molecule has 7 nitrogen and oxygen atoms in total. The molecule has 1 aliphatic rings. The highest BCUT2D eigenvalue weighted by molar-refractivity contribution is 14.1. The lowest BCUT2D eigenvalue weighted by Gasteiger charge is -2.13. The monoisotopic (exact) mass is 599 g/mol. The molecule has 0 bridgehead atoms. The first kappa shape index (κ1) is 23.3. The first-order chi connectivity index (χ1) is 14.8. The van der Waals surface area contributed by atoms with Crippen LogP contribution >= 0.6 is 38.5 Å². The quantitative estimate of drug-likeness (QED) is 0.262. The molecule has 162 valence electrons. The number of benzene rings is 2. The lowest BCUT2D eigenvalue weighted by atomic mass is 10.1. The van der Waals surface area contributed by atoms with E-state index in [9.17, 15) is 9.59 Å². The van der Waals surface area contributed by atoms with Crippen LogP contribution < -0.4 is 9.47 Å². The van der Waals surface area contributed by atoms with Crippen molar-refractivity contribution in [3.63, 3.8) is 0 Å². The van der Waals surface area contributed by atoms with Crippen molar-refractivity contribution in [2.45, 2.75) is 13.8 Å². The number of ether oxygens (including phenoxy) is 4. The Hall–Kier alpha value is -2.40. The molecule has 0 saturated heterocycles. The SMILES string of the molecule is CCOC(=O)COc1c(I)cc(/C=C2/N=C(c3ccc(Br)c(C)c3)OC2=O)cc1OC. The molecule has 0 N–H and O–H groups in total.